The van der Waals surface area contributed by atoms with Gasteiger partial charge in [-0.3, -0.25) is 4.98 Å². The molecule has 0 aliphatic rings. The fraction of sp³-hybridized carbons (Fsp3) is 0.312. The number of rotatable bonds is 5. The number of nitrogens with zero attached hydrogens (tertiary/aromatic N) is 1. The summed E-state index contributed by atoms with van der Waals surface area (Å²) in [6, 6.07) is 15.0. The second-order valence-electron chi connectivity index (χ2n) is 4.48. The van der Waals surface area contributed by atoms with E-state index in [1.807, 2.05) is 18.3 Å². The number of hydrogen-bond acceptors (Lipinski definition) is 2. The summed E-state index contributed by atoms with van der Waals surface area (Å²) in [5.41, 5.74) is 3.79. The van der Waals surface area contributed by atoms with E-state index in [0.717, 1.165) is 18.7 Å². The van der Waals surface area contributed by atoms with Crippen molar-refractivity contribution in [2.45, 2.75) is 32.9 Å². The Balaban J connectivity index is 1.99. The molecule has 1 aromatic heterocycles. The molecule has 2 heteroatoms. The van der Waals surface area contributed by atoms with Gasteiger partial charge in [0.05, 0.1) is 5.69 Å². The van der Waals surface area contributed by atoms with Gasteiger partial charge in [0.1, 0.15) is 0 Å². The molecule has 1 N–H and O–H groups in total. The summed E-state index contributed by atoms with van der Waals surface area (Å²) < 4.78 is 0. The van der Waals surface area contributed by atoms with Crippen LogP contribution in [0.15, 0.2) is 48.7 Å². The molecule has 0 radical (unpaired) electrons. The highest BCUT2D eigenvalue weighted by Gasteiger charge is 2.06. The lowest BCUT2D eigenvalue weighted by molar-refractivity contribution is 0.565. The van der Waals surface area contributed by atoms with Crippen molar-refractivity contribution < 1.29 is 0 Å². The zero-order chi connectivity index (χ0) is 12.8. The van der Waals surface area contributed by atoms with E-state index in [2.05, 4.69) is 54.5 Å². The molecule has 2 nitrogen and oxygen atoms in total. The van der Waals surface area contributed by atoms with E-state index in [1.165, 1.54) is 11.1 Å². The van der Waals surface area contributed by atoms with Gasteiger partial charge in [-0.15, -0.1) is 0 Å². The van der Waals surface area contributed by atoms with Crippen LogP contribution in [-0.4, -0.2) is 4.98 Å². The number of pyridine rings is 1. The van der Waals surface area contributed by atoms with Gasteiger partial charge in [0.15, 0.2) is 0 Å². The maximum Gasteiger partial charge on any atom is 0.0573 e. The summed E-state index contributed by atoms with van der Waals surface area (Å²) in [4.78, 5) is 4.45. The van der Waals surface area contributed by atoms with Crippen molar-refractivity contribution >= 4 is 0 Å². The molecule has 1 heterocycles. The minimum absolute atomic E-state index is 0.345. The van der Waals surface area contributed by atoms with Crippen LogP contribution in [0.3, 0.4) is 0 Å². The van der Waals surface area contributed by atoms with Crippen molar-refractivity contribution in [3.05, 3.63) is 65.5 Å². The lowest BCUT2D eigenvalue weighted by Gasteiger charge is -2.15. The number of nitrogens with one attached hydrogen (secondary N) is 1. The summed E-state index contributed by atoms with van der Waals surface area (Å²) in [5, 5.41) is 3.53. The standard InChI is InChI=1S/C16H20N2/c1-3-14-10-7-11-17-16(14)12-18-13(2)15-8-5-4-6-9-15/h4-11,13,18H,3,12H2,1-2H3. The number of aryl methyl sites for hydroxylation is 1. The topological polar surface area (TPSA) is 24.9 Å². The number of aromatic nitrogens is 1. The molecule has 0 fully saturated rings. The molecule has 0 bridgehead atoms. The zero-order valence-electron chi connectivity index (χ0n) is 11.1. The lowest BCUT2D eigenvalue weighted by Crippen LogP contribution is -2.19. The van der Waals surface area contributed by atoms with Gasteiger partial charge in [0.25, 0.3) is 0 Å². The predicted molar refractivity (Wildman–Crippen MR) is 75.3 cm³/mol. The minimum atomic E-state index is 0.345. The minimum Gasteiger partial charge on any atom is -0.305 e. The van der Waals surface area contributed by atoms with Gasteiger partial charge in [-0.05, 0) is 30.5 Å². The highest BCUT2D eigenvalue weighted by atomic mass is 14.9. The Bertz CT molecular complexity index is 479. The molecule has 0 aliphatic carbocycles. The van der Waals surface area contributed by atoms with Crippen LogP contribution in [0.4, 0.5) is 0 Å². The molecule has 2 aromatic rings. The zero-order valence-corrected chi connectivity index (χ0v) is 11.1. The average Bonchev–Trinajstić information content (AvgIpc) is 2.46. The maximum atomic E-state index is 4.45. The van der Waals surface area contributed by atoms with Crippen molar-refractivity contribution in [1.29, 1.82) is 0 Å². The van der Waals surface area contributed by atoms with E-state index in [-0.39, 0.29) is 0 Å². The molecule has 1 unspecified atom stereocenters. The Hall–Kier alpha value is -1.67. The monoisotopic (exact) mass is 240 g/mol. The predicted octanol–water partition coefficient (Wildman–Crippen LogP) is 3.49. The quantitative estimate of drug-likeness (QED) is 0.865. The molecule has 1 aromatic carbocycles. The summed E-state index contributed by atoms with van der Waals surface area (Å²) in [6.45, 7) is 5.17. The Morgan fingerprint density at radius 1 is 1.11 bits per heavy atom. The smallest absolute Gasteiger partial charge is 0.0573 e. The van der Waals surface area contributed by atoms with Crippen molar-refractivity contribution in [2.24, 2.45) is 0 Å². The lowest BCUT2D eigenvalue weighted by atomic mass is 10.1. The Kier molecular flexibility index (Phi) is 4.48. The van der Waals surface area contributed by atoms with Crippen LogP contribution in [0.2, 0.25) is 0 Å². The van der Waals surface area contributed by atoms with Gasteiger partial charge in [-0.1, -0.05) is 43.3 Å². The fourth-order valence-electron chi connectivity index (χ4n) is 2.06. The first-order valence-electron chi connectivity index (χ1n) is 6.52. The molecule has 0 saturated heterocycles. The summed E-state index contributed by atoms with van der Waals surface area (Å²) in [5.74, 6) is 0. The first kappa shape index (κ1) is 12.8. The first-order valence-corrected chi connectivity index (χ1v) is 6.52. The fourth-order valence-corrected chi connectivity index (χ4v) is 2.06. The third-order valence-corrected chi connectivity index (χ3v) is 3.24. The van der Waals surface area contributed by atoms with E-state index in [9.17, 15) is 0 Å². The van der Waals surface area contributed by atoms with Crippen molar-refractivity contribution in [3.63, 3.8) is 0 Å². The molecular weight excluding hydrogens is 220 g/mol. The van der Waals surface area contributed by atoms with Gasteiger partial charge in [0.2, 0.25) is 0 Å². The Morgan fingerprint density at radius 2 is 1.89 bits per heavy atom. The SMILES string of the molecule is CCc1cccnc1CNC(C)c1ccccc1. The van der Waals surface area contributed by atoms with Crippen molar-refractivity contribution in [1.82, 2.24) is 10.3 Å². The van der Waals surface area contributed by atoms with Crippen molar-refractivity contribution in [3.8, 4) is 0 Å². The second kappa shape index (κ2) is 6.31. The van der Waals surface area contributed by atoms with Crippen LogP contribution < -0.4 is 5.32 Å². The number of hydrogen-bond donors (Lipinski definition) is 1. The summed E-state index contributed by atoms with van der Waals surface area (Å²) in [6.07, 6.45) is 2.90. The van der Waals surface area contributed by atoms with E-state index >= 15 is 0 Å². The van der Waals surface area contributed by atoms with Crippen LogP contribution in [-0.2, 0) is 13.0 Å². The molecule has 94 valence electrons. The average molecular weight is 240 g/mol. The van der Waals surface area contributed by atoms with Crippen LogP contribution in [0.1, 0.15) is 36.7 Å². The van der Waals surface area contributed by atoms with Crippen LogP contribution in [0, 0.1) is 0 Å². The number of benzene rings is 1. The van der Waals surface area contributed by atoms with Crippen LogP contribution in [0.25, 0.3) is 0 Å². The third kappa shape index (κ3) is 3.17. The molecule has 2 rings (SSSR count). The molecule has 1 atom stereocenters. The van der Waals surface area contributed by atoms with Gasteiger partial charge in [-0.2, -0.15) is 0 Å². The van der Waals surface area contributed by atoms with Crippen LogP contribution >= 0.6 is 0 Å². The van der Waals surface area contributed by atoms with E-state index in [4.69, 9.17) is 0 Å². The highest BCUT2D eigenvalue weighted by molar-refractivity contribution is 5.21. The summed E-state index contributed by atoms with van der Waals surface area (Å²) in [7, 11) is 0. The van der Waals surface area contributed by atoms with Crippen LogP contribution in [0.5, 0.6) is 0 Å². The largest absolute Gasteiger partial charge is 0.305 e. The van der Waals surface area contributed by atoms with Gasteiger partial charge in [0, 0.05) is 18.8 Å². The van der Waals surface area contributed by atoms with E-state index in [1.54, 1.807) is 0 Å². The Morgan fingerprint density at radius 3 is 2.61 bits per heavy atom. The maximum absolute atomic E-state index is 4.45. The molecular formula is C16H20N2. The normalized spacial score (nSPS) is 12.3. The van der Waals surface area contributed by atoms with Gasteiger partial charge in [-0.25, -0.2) is 0 Å². The van der Waals surface area contributed by atoms with E-state index in [0.29, 0.717) is 6.04 Å². The van der Waals surface area contributed by atoms with Crippen molar-refractivity contribution in [2.75, 3.05) is 0 Å². The molecule has 0 amide bonds. The molecule has 0 saturated carbocycles. The highest BCUT2D eigenvalue weighted by Crippen LogP contribution is 2.13. The third-order valence-electron chi connectivity index (χ3n) is 3.24. The van der Waals surface area contributed by atoms with Gasteiger partial charge < -0.3 is 5.32 Å². The molecule has 0 aliphatic heterocycles. The van der Waals surface area contributed by atoms with Gasteiger partial charge >= 0.3 is 0 Å². The van der Waals surface area contributed by atoms with E-state index < -0.39 is 0 Å². The summed E-state index contributed by atoms with van der Waals surface area (Å²) >= 11 is 0. The molecule has 0 spiro atoms. The first-order chi connectivity index (χ1) is 8.81. The molecule has 18 heavy (non-hydrogen) atoms. The Labute approximate surface area is 109 Å². The second-order valence-corrected chi connectivity index (χ2v) is 4.48.